The summed E-state index contributed by atoms with van der Waals surface area (Å²) in [5.74, 6) is -0.347. The van der Waals surface area contributed by atoms with Gasteiger partial charge in [0.25, 0.3) is 0 Å². The maximum Gasteiger partial charge on any atom is 0.320 e. The number of likely N-dealkylation sites (N-methyl/N-ethyl adjacent to an activating group) is 1. The molecule has 7 nitrogen and oxygen atoms in total. The number of anilines is 1. The fourth-order valence-electron chi connectivity index (χ4n) is 1.62. The van der Waals surface area contributed by atoms with Crippen molar-refractivity contribution >= 4 is 17.7 Å². The molecule has 0 aliphatic heterocycles. The normalized spacial score (nSPS) is 12.4. The van der Waals surface area contributed by atoms with Gasteiger partial charge >= 0.3 is 5.97 Å². The van der Waals surface area contributed by atoms with E-state index >= 15 is 0 Å². The first-order valence-corrected chi connectivity index (χ1v) is 5.60. The van der Waals surface area contributed by atoms with Crippen molar-refractivity contribution in [3.8, 4) is 0 Å². The van der Waals surface area contributed by atoms with Crippen LogP contribution in [0.5, 0.6) is 0 Å². The Morgan fingerprint density at radius 3 is 2.72 bits per heavy atom. The Morgan fingerprint density at radius 1 is 1.61 bits per heavy atom. The molecule has 1 rings (SSSR count). The molecule has 0 saturated heterocycles. The lowest BCUT2D eigenvalue weighted by atomic mass is 10.2. The zero-order valence-electron chi connectivity index (χ0n) is 10.6. The van der Waals surface area contributed by atoms with Gasteiger partial charge in [0.05, 0.1) is 6.54 Å². The molecule has 1 unspecified atom stereocenters. The fourth-order valence-corrected chi connectivity index (χ4v) is 1.62. The van der Waals surface area contributed by atoms with Crippen LogP contribution in [-0.2, 0) is 9.59 Å². The first-order chi connectivity index (χ1) is 8.43. The van der Waals surface area contributed by atoms with Crippen LogP contribution in [-0.4, -0.2) is 46.7 Å². The van der Waals surface area contributed by atoms with E-state index in [1.165, 1.54) is 4.90 Å². The lowest BCUT2D eigenvalue weighted by Crippen LogP contribution is -2.42. The van der Waals surface area contributed by atoms with Crippen LogP contribution >= 0.6 is 0 Å². The summed E-state index contributed by atoms with van der Waals surface area (Å²) in [6.45, 7) is 3.46. The monoisotopic (exact) mass is 255 g/mol. The number of carboxylic acid groups (broad SMARTS) is 1. The summed E-state index contributed by atoms with van der Waals surface area (Å²) in [4.78, 5) is 24.0. The van der Waals surface area contributed by atoms with Crippen LogP contribution in [0.3, 0.4) is 0 Å². The first kappa shape index (κ1) is 14.2. The van der Waals surface area contributed by atoms with Crippen LogP contribution in [0.25, 0.3) is 0 Å². The smallest absolute Gasteiger partial charge is 0.320 e. The van der Waals surface area contributed by atoms with Gasteiger partial charge in [0.15, 0.2) is 5.82 Å². The molecule has 0 aromatic carbocycles. The second-order valence-corrected chi connectivity index (χ2v) is 4.05. The summed E-state index contributed by atoms with van der Waals surface area (Å²) in [5, 5.41) is 15.1. The Kier molecular flexibility index (Phi) is 4.85. The van der Waals surface area contributed by atoms with E-state index in [0.717, 1.165) is 0 Å². The van der Waals surface area contributed by atoms with Gasteiger partial charge in [0.2, 0.25) is 5.91 Å². The van der Waals surface area contributed by atoms with Crippen LogP contribution in [0, 0.1) is 6.92 Å². The number of hydrogen-bond donors (Lipinski definition) is 2. The van der Waals surface area contributed by atoms with Crippen molar-refractivity contribution in [2.45, 2.75) is 26.3 Å². The Labute approximate surface area is 105 Å². The highest BCUT2D eigenvalue weighted by Gasteiger charge is 2.22. The lowest BCUT2D eigenvalue weighted by molar-refractivity contribution is -0.143. The van der Waals surface area contributed by atoms with Gasteiger partial charge in [-0.05, 0) is 20.4 Å². The minimum Gasteiger partial charge on any atom is -0.480 e. The summed E-state index contributed by atoms with van der Waals surface area (Å²) in [6, 6.07) is 0.918. The summed E-state index contributed by atoms with van der Waals surface area (Å²) in [5.41, 5.74) is 0. The number of amides is 1. The van der Waals surface area contributed by atoms with E-state index < -0.39 is 12.0 Å². The summed E-state index contributed by atoms with van der Waals surface area (Å²) in [6.07, 6.45) is 0.433. The van der Waals surface area contributed by atoms with Crippen LogP contribution in [0.2, 0.25) is 0 Å². The van der Waals surface area contributed by atoms with Crippen LogP contribution in [0.15, 0.2) is 10.6 Å². The standard InChI is InChI=1S/C11H17N3O4/c1-4-8(11(16)17)14(3)6-10(15)12-9-5-7(2)18-13-9/h5,8H,4,6H2,1-3H3,(H,16,17)(H,12,13,15). The number of carbonyl (C=O) groups excluding carboxylic acids is 1. The van der Waals surface area contributed by atoms with E-state index in [-0.39, 0.29) is 12.5 Å². The van der Waals surface area contributed by atoms with Crippen molar-refractivity contribution in [1.82, 2.24) is 10.1 Å². The third-order valence-corrected chi connectivity index (χ3v) is 2.49. The molecule has 100 valence electrons. The average Bonchev–Trinajstić information content (AvgIpc) is 2.63. The number of aliphatic carboxylic acids is 1. The lowest BCUT2D eigenvalue weighted by Gasteiger charge is -2.22. The molecule has 1 amide bonds. The SMILES string of the molecule is CCC(C(=O)O)N(C)CC(=O)Nc1cc(C)on1. The Morgan fingerprint density at radius 2 is 2.28 bits per heavy atom. The number of nitrogens with zero attached hydrogens (tertiary/aromatic N) is 2. The maximum atomic E-state index is 11.6. The number of carbonyl (C=O) groups is 2. The minimum atomic E-state index is -0.940. The third kappa shape index (κ3) is 3.85. The quantitative estimate of drug-likeness (QED) is 0.777. The van der Waals surface area contributed by atoms with E-state index in [9.17, 15) is 9.59 Å². The topological polar surface area (TPSA) is 95.7 Å². The van der Waals surface area contributed by atoms with E-state index in [4.69, 9.17) is 9.63 Å². The van der Waals surface area contributed by atoms with Crippen molar-refractivity contribution < 1.29 is 19.2 Å². The van der Waals surface area contributed by atoms with Gasteiger partial charge in [0.1, 0.15) is 11.8 Å². The van der Waals surface area contributed by atoms with Crippen LogP contribution in [0.4, 0.5) is 5.82 Å². The van der Waals surface area contributed by atoms with Crippen molar-refractivity contribution in [2.24, 2.45) is 0 Å². The molecule has 0 spiro atoms. The number of rotatable bonds is 6. The van der Waals surface area contributed by atoms with Gasteiger partial charge in [-0.3, -0.25) is 14.5 Å². The number of carboxylic acids is 1. The molecular weight excluding hydrogens is 238 g/mol. The van der Waals surface area contributed by atoms with E-state index in [0.29, 0.717) is 18.0 Å². The van der Waals surface area contributed by atoms with E-state index in [2.05, 4.69) is 10.5 Å². The van der Waals surface area contributed by atoms with Crippen molar-refractivity contribution in [3.63, 3.8) is 0 Å². The highest BCUT2D eigenvalue weighted by Crippen LogP contribution is 2.07. The largest absolute Gasteiger partial charge is 0.480 e. The van der Waals surface area contributed by atoms with Gasteiger partial charge in [-0.2, -0.15) is 0 Å². The van der Waals surface area contributed by atoms with Crippen LogP contribution < -0.4 is 5.32 Å². The summed E-state index contributed by atoms with van der Waals surface area (Å²) in [7, 11) is 1.59. The Bertz CT molecular complexity index is 430. The second kappa shape index (κ2) is 6.15. The van der Waals surface area contributed by atoms with Gasteiger partial charge in [0, 0.05) is 6.07 Å². The molecule has 0 aliphatic carbocycles. The van der Waals surface area contributed by atoms with E-state index in [1.54, 1.807) is 27.0 Å². The molecule has 1 aromatic heterocycles. The van der Waals surface area contributed by atoms with Crippen molar-refractivity contribution in [2.75, 3.05) is 18.9 Å². The highest BCUT2D eigenvalue weighted by atomic mass is 16.5. The molecule has 18 heavy (non-hydrogen) atoms. The minimum absolute atomic E-state index is 0.0171. The molecule has 7 heteroatoms. The Balaban J connectivity index is 2.51. The summed E-state index contributed by atoms with van der Waals surface area (Å²) < 4.78 is 4.80. The van der Waals surface area contributed by atoms with Crippen LogP contribution in [0.1, 0.15) is 19.1 Å². The van der Waals surface area contributed by atoms with Crippen molar-refractivity contribution in [3.05, 3.63) is 11.8 Å². The Hall–Kier alpha value is -1.89. The molecule has 2 N–H and O–H groups in total. The molecular formula is C11H17N3O4. The van der Waals surface area contributed by atoms with Gasteiger partial charge in [-0.1, -0.05) is 12.1 Å². The van der Waals surface area contributed by atoms with Gasteiger partial charge in [-0.25, -0.2) is 0 Å². The van der Waals surface area contributed by atoms with Gasteiger partial charge in [-0.15, -0.1) is 0 Å². The number of aromatic nitrogens is 1. The highest BCUT2D eigenvalue weighted by molar-refractivity contribution is 5.91. The molecule has 0 aliphatic rings. The fraction of sp³-hybridized carbons (Fsp3) is 0.545. The molecule has 1 atom stereocenters. The van der Waals surface area contributed by atoms with E-state index in [1.807, 2.05) is 0 Å². The molecule has 0 radical (unpaired) electrons. The molecule has 1 aromatic rings. The second-order valence-electron chi connectivity index (χ2n) is 4.05. The summed E-state index contributed by atoms with van der Waals surface area (Å²) >= 11 is 0. The third-order valence-electron chi connectivity index (χ3n) is 2.49. The van der Waals surface area contributed by atoms with Gasteiger partial charge < -0.3 is 14.9 Å². The average molecular weight is 255 g/mol. The number of aryl methyl sites for hydroxylation is 1. The van der Waals surface area contributed by atoms with Crippen molar-refractivity contribution in [1.29, 1.82) is 0 Å². The zero-order valence-corrected chi connectivity index (χ0v) is 10.6. The number of nitrogens with one attached hydrogen (secondary N) is 1. The first-order valence-electron chi connectivity index (χ1n) is 5.60. The molecule has 0 saturated carbocycles. The predicted octanol–water partition coefficient (Wildman–Crippen LogP) is 0.717. The molecule has 0 fully saturated rings. The predicted molar refractivity (Wildman–Crippen MR) is 64.2 cm³/mol. The molecule has 0 bridgehead atoms. The maximum absolute atomic E-state index is 11.6. The number of hydrogen-bond acceptors (Lipinski definition) is 5. The zero-order chi connectivity index (χ0) is 13.7. The molecule has 1 heterocycles.